The Morgan fingerprint density at radius 1 is 1.18 bits per heavy atom. The third-order valence-corrected chi connectivity index (χ3v) is 7.09. The van der Waals surface area contributed by atoms with Crippen molar-refractivity contribution in [3.05, 3.63) is 42.2 Å². The van der Waals surface area contributed by atoms with Crippen LogP contribution in [0.5, 0.6) is 0 Å². The van der Waals surface area contributed by atoms with Gasteiger partial charge in [-0.25, -0.2) is 4.52 Å². The van der Waals surface area contributed by atoms with Crippen LogP contribution in [0.2, 0.25) is 0 Å². The largest absolute Gasteiger partial charge is 0.382 e. The molecule has 2 bridgehead atoms. The second-order valence-electron chi connectivity index (χ2n) is 8.92. The van der Waals surface area contributed by atoms with E-state index in [9.17, 15) is 0 Å². The summed E-state index contributed by atoms with van der Waals surface area (Å²) in [5.41, 5.74) is 4.96. The fourth-order valence-corrected chi connectivity index (χ4v) is 5.46. The predicted molar refractivity (Wildman–Crippen MR) is 128 cm³/mol. The molecule has 4 aromatic rings. The van der Waals surface area contributed by atoms with Gasteiger partial charge in [-0.1, -0.05) is 11.3 Å². The van der Waals surface area contributed by atoms with Crippen molar-refractivity contribution in [2.45, 2.75) is 38.4 Å². The molecule has 0 amide bonds. The van der Waals surface area contributed by atoms with Crippen LogP contribution in [0, 0.1) is 11.3 Å². The zero-order valence-electron chi connectivity index (χ0n) is 18.4. The van der Waals surface area contributed by atoms with Gasteiger partial charge < -0.3 is 15.5 Å². The number of nitriles is 1. The quantitative estimate of drug-likeness (QED) is 0.471. The molecule has 166 valence electrons. The van der Waals surface area contributed by atoms with E-state index in [1.807, 2.05) is 30.5 Å². The average Bonchev–Trinajstić information content (AvgIpc) is 3.45. The van der Waals surface area contributed by atoms with Crippen LogP contribution in [0.15, 0.2) is 36.7 Å². The molecule has 2 N–H and O–H groups in total. The molecular formula is C23H23N9S. The number of rotatable bonds is 5. The Labute approximate surface area is 195 Å². The fraction of sp³-hybridized carbons (Fsp3) is 0.348. The number of fused-ring (bicyclic) bond motifs is 3. The summed E-state index contributed by atoms with van der Waals surface area (Å²) in [5.74, 6) is 0. The SMILES string of the molecule is CC(C)Nc1cc(-c2ccc3cc(C#N)cnn23)ncc1-c1nnc(N2CC3CC(C2)N3)s1. The minimum Gasteiger partial charge on any atom is -0.382 e. The minimum absolute atomic E-state index is 0.243. The van der Waals surface area contributed by atoms with Crippen LogP contribution in [0.25, 0.3) is 27.5 Å². The summed E-state index contributed by atoms with van der Waals surface area (Å²) in [6, 6.07) is 11.3. The molecule has 3 fully saturated rings. The topological polar surface area (TPSA) is 107 Å². The third-order valence-electron chi connectivity index (χ3n) is 6.08. The van der Waals surface area contributed by atoms with Crippen LogP contribution < -0.4 is 15.5 Å². The number of piperazine rings is 1. The Hall–Kier alpha value is -3.55. The summed E-state index contributed by atoms with van der Waals surface area (Å²) < 4.78 is 1.81. The molecule has 33 heavy (non-hydrogen) atoms. The van der Waals surface area contributed by atoms with Gasteiger partial charge >= 0.3 is 0 Å². The lowest BCUT2D eigenvalue weighted by Crippen LogP contribution is -2.67. The first-order chi connectivity index (χ1) is 16.1. The molecule has 0 radical (unpaired) electrons. The molecule has 4 aromatic heterocycles. The molecule has 0 saturated carbocycles. The van der Waals surface area contributed by atoms with E-state index in [0.29, 0.717) is 17.6 Å². The molecular weight excluding hydrogens is 434 g/mol. The van der Waals surface area contributed by atoms with E-state index in [2.05, 4.69) is 50.7 Å². The van der Waals surface area contributed by atoms with Crippen molar-refractivity contribution in [2.24, 2.45) is 0 Å². The molecule has 7 rings (SSSR count). The van der Waals surface area contributed by atoms with Gasteiger partial charge in [-0.05, 0) is 44.5 Å². The van der Waals surface area contributed by atoms with Crippen molar-refractivity contribution < 1.29 is 0 Å². The number of hydrogen-bond acceptors (Lipinski definition) is 9. The van der Waals surface area contributed by atoms with Gasteiger partial charge in [0.1, 0.15) is 6.07 Å². The summed E-state index contributed by atoms with van der Waals surface area (Å²) in [5, 5.41) is 31.5. The first-order valence-corrected chi connectivity index (χ1v) is 11.9. The summed E-state index contributed by atoms with van der Waals surface area (Å²) in [6.07, 6.45) is 4.70. The normalized spacial score (nSPS) is 19.5. The molecule has 3 saturated heterocycles. The minimum atomic E-state index is 0.243. The van der Waals surface area contributed by atoms with Gasteiger partial charge in [-0.15, -0.1) is 10.2 Å². The standard InChI is InChI=1S/C23H23N9S/c1-13(2)27-19-7-20(21-4-3-17-5-14(8-24)9-26-32(17)21)25-10-18(19)22-29-30-23(33-22)31-11-15-6-16(12-31)28-15/h3-5,7,9-10,13,15-16,28H,6,11-12H2,1-2H3,(H,25,27). The fourth-order valence-electron chi connectivity index (χ4n) is 4.57. The summed E-state index contributed by atoms with van der Waals surface area (Å²) in [7, 11) is 0. The Morgan fingerprint density at radius 2 is 2.00 bits per heavy atom. The lowest BCUT2D eigenvalue weighted by atomic mass is 9.92. The molecule has 7 heterocycles. The van der Waals surface area contributed by atoms with Gasteiger partial charge in [0, 0.05) is 43.1 Å². The maximum Gasteiger partial charge on any atom is 0.208 e. The van der Waals surface area contributed by atoms with Crippen LogP contribution in [0.4, 0.5) is 10.8 Å². The van der Waals surface area contributed by atoms with Gasteiger partial charge in [0.25, 0.3) is 0 Å². The van der Waals surface area contributed by atoms with E-state index in [4.69, 9.17) is 10.2 Å². The monoisotopic (exact) mass is 457 g/mol. The van der Waals surface area contributed by atoms with Crippen molar-refractivity contribution in [2.75, 3.05) is 23.3 Å². The smallest absolute Gasteiger partial charge is 0.208 e. The van der Waals surface area contributed by atoms with Crippen LogP contribution in [0.1, 0.15) is 25.8 Å². The highest BCUT2D eigenvalue weighted by Gasteiger charge is 2.37. The first-order valence-electron chi connectivity index (χ1n) is 11.1. The number of aromatic nitrogens is 5. The van der Waals surface area contributed by atoms with E-state index in [1.165, 1.54) is 6.42 Å². The van der Waals surface area contributed by atoms with Gasteiger partial charge in [0.2, 0.25) is 5.13 Å². The maximum atomic E-state index is 9.14. The van der Waals surface area contributed by atoms with E-state index < -0.39 is 0 Å². The van der Waals surface area contributed by atoms with Crippen molar-refractivity contribution in [1.29, 1.82) is 5.26 Å². The van der Waals surface area contributed by atoms with Gasteiger partial charge in [-0.2, -0.15) is 10.4 Å². The zero-order valence-corrected chi connectivity index (χ0v) is 19.2. The predicted octanol–water partition coefficient (Wildman–Crippen LogP) is 3.16. The highest BCUT2D eigenvalue weighted by Crippen LogP contribution is 2.37. The number of nitrogens with one attached hydrogen (secondary N) is 2. The van der Waals surface area contributed by atoms with Crippen LogP contribution >= 0.6 is 11.3 Å². The number of anilines is 2. The van der Waals surface area contributed by atoms with Gasteiger partial charge in [-0.3, -0.25) is 4.98 Å². The Kier molecular flexibility index (Phi) is 4.74. The number of pyridine rings is 1. The van der Waals surface area contributed by atoms with E-state index >= 15 is 0 Å². The van der Waals surface area contributed by atoms with Crippen molar-refractivity contribution >= 4 is 27.7 Å². The number of nitrogens with zero attached hydrogens (tertiary/aromatic N) is 7. The van der Waals surface area contributed by atoms with E-state index in [1.54, 1.807) is 22.0 Å². The lowest BCUT2D eigenvalue weighted by molar-refractivity contribution is 0.225. The van der Waals surface area contributed by atoms with E-state index in [-0.39, 0.29) is 6.04 Å². The third kappa shape index (κ3) is 3.59. The second kappa shape index (κ2) is 7.79. The maximum absolute atomic E-state index is 9.14. The molecule has 2 atom stereocenters. The highest BCUT2D eigenvalue weighted by molar-refractivity contribution is 7.18. The Morgan fingerprint density at radius 3 is 2.76 bits per heavy atom. The molecule has 3 aliphatic heterocycles. The number of hydrogen-bond donors (Lipinski definition) is 2. The summed E-state index contributed by atoms with van der Waals surface area (Å²) in [4.78, 5) is 7.08. The summed E-state index contributed by atoms with van der Waals surface area (Å²) in [6.45, 7) is 6.20. The first kappa shape index (κ1) is 20.1. The average molecular weight is 458 g/mol. The van der Waals surface area contributed by atoms with Crippen molar-refractivity contribution in [3.8, 4) is 28.0 Å². The van der Waals surface area contributed by atoms with Gasteiger partial charge in [0.05, 0.1) is 34.2 Å². The van der Waals surface area contributed by atoms with E-state index in [0.717, 1.165) is 51.4 Å². The van der Waals surface area contributed by atoms with Crippen LogP contribution in [-0.2, 0) is 0 Å². The van der Waals surface area contributed by atoms with Gasteiger partial charge in [0.15, 0.2) is 5.01 Å². The molecule has 0 spiro atoms. The highest BCUT2D eigenvalue weighted by atomic mass is 32.1. The lowest BCUT2D eigenvalue weighted by Gasteiger charge is -2.48. The summed E-state index contributed by atoms with van der Waals surface area (Å²) >= 11 is 1.61. The molecule has 2 unspecified atom stereocenters. The zero-order chi connectivity index (χ0) is 22.5. The molecule has 9 nitrogen and oxygen atoms in total. The van der Waals surface area contributed by atoms with Crippen molar-refractivity contribution in [1.82, 2.24) is 30.1 Å². The van der Waals surface area contributed by atoms with Crippen LogP contribution in [-0.4, -0.2) is 56.0 Å². The molecule has 0 aliphatic carbocycles. The Bertz CT molecular complexity index is 1370. The van der Waals surface area contributed by atoms with Crippen molar-refractivity contribution in [3.63, 3.8) is 0 Å². The molecule has 0 aromatic carbocycles. The molecule has 10 heteroatoms. The molecule has 3 aliphatic rings. The van der Waals surface area contributed by atoms with Crippen LogP contribution in [0.3, 0.4) is 0 Å². The Balaban J connectivity index is 1.36. The second-order valence-corrected chi connectivity index (χ2v) is 9.87. The number of piperidine rings is 1.